The van der Waals surface area contributed by atoms with Crippen molar-refractivity contribution in [1.82, 2.24) is 14.8 Å². The monoisotopic (exact) mass is 451 g/mol. The third-order valence-corrected chi connectivity index (χ3v) is 7.39. The largest absolute Gasteiger partial charge is 0.453 e. The van der Waals surface area contributed by atoms with Crippen molar-refractivity contribution in [2.45, 2.75) is 24.3 Å². The fourth-order valence-electron chi connectivity index (χ4n) is 3.74. The maximum atomic E-state index is 12.6. The number of fused-ring (bicyclic) bond motifs is 1. The standard InChI is InChI=1S/C23H21N3O5S/c27-23(16-7-9-19(10-8-16)32(28,29)26-11-3-4-12-26)24-15-18-14-22(31-25-18)21-13-17-5-1-2-6-20(17)30-21/h1-2,5-10,13-14H,3-4,11-12,15H2,(H,24,27). The molecule has 0 radical (unpaired) electrons. The lowest BCUT2D eigenvalue weighted by molar-refractivity contribution is 0.0950. The molecule has 1 amide bonds. The molecule has 1 saturated heterocycles. The second kappa shape index (κ2) is 8.25. The fourth-order valence-corrected chi connectivity index (χ4v) is 5.26. The van der Waals surface area contributed by atoms with Crippen LogP contribution in [0.4, 0.5) is 0 Å². The summed E-state index contributed by atoms with van der Waals surface area (Å²) in [6.07, 6.45) is 1.75. The SMILES string of the molecule is O=C(NCc1cc(-c2cc3ccccc3o2)on1)c1ccc(S(=O)(=O)N2CCCC2)cc1. The van der Waals surface area contributed by atoms with E-state index in [4.69, 9.17) is 8.94 Å². The van der Waals surface area contributed by atoms with Crippen molar-refractivity contribution >= 4 is 26.9 Å². The van der Waals surface area contributed by atoms with E-state index in [9.17, 15) is 13.2 Å². The van der Waals surface area contributed by atoms with Gasteiger partial charge in [0.05, 0.1) is 11.4 Å². The third kappa shape index (κ3) is 3.92. The molecule has 1 aliphatic rings. The number of sulfonamides is 1. The van der Waals surface area contributed by atoms with Crippen molar-refractivity contribution in [1.29, 1.82) is 0 Å². The minimum absolute atomic E-state index is 0.163. The summed E-state index contributed by atoms with van der Waals surface area (Å²) in [5, 5.41) is 7.71. The number of benzene rings is 2. The van der Waals surface area contributed by atoms with Crippen LogP contribution in [0.5, 0.6) is 0 Å². The number of nitrogens with zero attached hydrogens (tertiary/aromatic N) is 2. The minimum atomic E-state index is -3.50. The van der Waals surface area contributed by atoms with Crippen molar-refractivity contribution in [3.05, 3.63) is 71.9 Å². The topological polar surface area (TPSA) is 106 Å². The predicted octanol–water partition coefficient (Wildman–Crippen LogP) is 3.80. The minimum Gasteiger partial charge on any atom is -0.453 e. The lowest BCUT2D eigenvalue weighted by Crippen LogP contribution is -2.28. The highest BCUT2D eigenvalue weighted by Crippen LogP contribution is 2.28. The van der Waals surface area contributed by atoms with Crippen LogP contribution in [-0.4, -0.2) is 36.9 Å². The van der Waals surface area contributed by atoms with Crippen LogP contribution >= 0.6 is 0 Å². The normalized spacial score (nSPS) is 14.8. The molecule has 164 valence electrons. The van der Waals surface area contributed by atoms with Gasteiger partial charge < -0.3 is 14.3 Å². The number of aromatic nitrogens is 1. The van der Waals surface area contributed by atoms with E-state index in [0.29, 0.717) is 35.9 Å². The van der Waals surface area contributed by atoms with E-state index in [1.54, 1.807) is 6.07 Å². The van der Waals surface area contributed by atoms with Gasteiger partial charge in [-0.15, -0.1) is 0 Å². The van der Waals surface area contributed by atoms with Gasteiger partial charge in [0.1, 0.15) is 11.3 Å². The molecule has 0 saturated carbocycles. The first-order chi connectivity index (χ1) is 15.5. The molecular weight excluding hydrogens is 430 g/mol. The Morgan fingerprint density at radius 3 is 2.50 bits per heavy atom. The van der Waals surface area contributed by atoms with Crippen LogP contribution in [-0.2, 0) is 16.6 Å². The fraction of sp³-hybridized carbons (Fsp3) is 0.217. The molecule has 0 bridgehead atoms. The number of nitrogens with one attached hydrogen (secondary N) is 1. The van der Waals surface area contributed by atoms with Gasteiger partial charge >= 0.3 is 0 Å². The van der Waals surface area contributed by atoms with Gasteiger partial charge in [0.15, 0.2) is 5.76 Å². The van der Waals surface area contributed by atoms with Crippen molar-refractivity contribution in [3.8, 4) is 11.5 Å². The molecule has 0 unspecified atom stereocenters. The van der Waals surface area contributed by atoms with Gasteiger partial charge in [0.2, 0.25) is 15.8 Å². The molecular formula is C23H21N3O5S. The maximum absolute atomic E-state index is 12.6. The molecule has 0 aliphatic carbocycles. The van der Waals surface area contributed by atoms with Crippen LogP contribution in [0.15, 0.2) is 74.5 Å². The zero-order chi connectivity index (χ0) is 22.1. The van der Waals surface area contributed by atoms with Gasteiger partial charge in [-0.25, -0.2) is 8.42 Å². The summed E-state index contributed by atoms with van der Waals surface area (Å²) >= 11 is 0. The second-order valence-electron chi connectivity index (χ2n) is 7.65. The first-order valence-corrected chi connectivity index (χ1v) is 11.8. The Hall–Kier alpha value is -3.43. The summed E-state index contributed by atoms with van der Waals surface area (Å²) in [5.74, 6) is 0.705. The van der Waals surface area contributed by atoms with Gasteiger partial charge in [-0.3, -0.25) is 4.79 Å². The number of hydrogen-bond acceptors (Lipinski definition) is 6. The van der Waals surface area contributed by atoms with E-state index in [0.717, 1.165) is 23.8 Å². The number of carbonyl (C=O) groups is 1. The zero-order valence-electron chi connectivity index (χ0n) is 17.2. The van der Waals surface area contributed by atoms with Gasteiger partial charge in [0.25, 0.3) is 5.91 Å². The number of rotatable bonds is 6. The molecule has 4 aromatic rings. The smallest absolute Gasteiger partial charge is 0.251 e. The van der Waals surface area contributed by atoms with Crippen LogP contribution in [0.3, 0.4) is 0 Å². The summed E-state index contributed by atoms with van der Waals surface area (Å²) in [5.41, 5.74) is 1.66. The van der Waals surface area contributed by atoms with E-state index in [1.165, 1.54) is 28.6 Å². The molecule has 1 fully saturated rings. The van der Waals surface area contributed by atoms with E-state index in [-0.39, 0.29) is 17.3 Å². The molecule has 3 heterocycles. The summed E-state index contributed by atoms with van der Waals surface area (Å²) in [6.45, 7) is 1.24. The lowest BCUT2D eigenvalue weighted by atomic mass is 10.2. The molecule has 2 aromatic heterocycles. The van der Waals surface area contributed by atoms with Crippen molar-refractivity contribution < 1.29 is 22.2 Å². The van der Waals surface area contributed by atoms with E-state index in [1.807, 2.05) is 30.3 Å². The van der Waals surface area contributed by atoms with Gasteiger partial charge in [-0.1, -0.05) is 23.4 Å². The quantitative estimate of drug-likeness (QED) is 0.478. The van der Waals surface area contributed by atoms with Crippen molar-refractivity contribution in [2.75, 3.05) is 13.1 Å². The van der Waals surface area contributed by atoms with Gasteiger partial charge in [-0.05, 0) is 49.2 Å². The lowest BCUT2D eigenvalue weighted by Gasteiger charge is -2.15. The van der Waals surface area contributed by atoms with Crippen LogP contribution in [0.2, 0.25) is 0 Å². The highest BCUT2D eigenvalue weighted by molar-refractivity contribution is 7.89. The molecule has 32 heavy (non-hydrogen) atoms. The molecule has 2 aromatic carbocycles. The molecule has 0 spiro atoms. The van der Waals surface area contributed by atoms with Crippen molar-refractivity contribution in [3.63, 3.8) is 0 Å². The molecule has 1 N–H and O–H groups in total. The van der Waals surface area contributed by atoms with Crippen LogP contribution in [0, 0.1) is 0 Å². The van der Waals surface area contributed by atoms with Crippen molar-refractivity contribution in [2.24, 2.45) is 0 Å². The third-order valence-electron chi connectivity index (χ3n) is 5.48. The maximum Gasteiger partial charge on any atom is 0.251 e. The number of hydrogen-bond donors (Lipinski definition) is 1. The molecule has 0 atom stereocenters. The Balaban J connectivity index is 1.23. The first-order valence-electron chi connectivity index (χ1n) is 10.3. The second-order valence-corrected chi connectivity index (χ2v) is 9.59. The summed E-state index contributed by atoms with van der Waals surface area (Å²) in [4.78, 5) is 12.7. The predicted molar refractivity (Wildman–Crippen MR) is 117 cm³/mol. The Kier molecular flexibility index (Phi) is 5.28. The average Bonchev–Trinajstić information content (AvgIpc) is 3.57. The highest BCUT2D eigenvalue weighted by atomic mass is 32.2. The van der Waals surface area contributed by atoms with Crippen LogP contribution in [0.1, 0.15) is 28.9 Å². The Bertz CT molecular complexity index is 1330. The Morgan fingerprint density at radius 2 is 1.75 bits per heavy atom. The first kappa shape index (κ1) is 20.5. The Morgan fingerprint density at radius 1 is 1.00 bits per heavy atom. The van der Waals surface area contributed by atoms with Gasteiger partial charge in [-0.2, -0.15) is 4.31 Å². The summed E-state index contributed by atoms with van der Waals surface area (Å²) in [7, 11) is -3.50. The molecule has 5 rings (SSSR count). The molecule has 9 heteroatoms. The van der Waals surface area contributed by atoms with E-state index in [2.05, 4.69) is 10.5 Å². The number of amides is 1. The average molecular weight is 452 g/mol. The Labute approximate surface area is 184 Å². The molecule has 1 aliphatic heterocycles. The number of para-hydroxylation sites is 1. The number of carbonyl (C=O) groups excluding carboxylic acids is 1. The zero-order valence-corrected chi connectivity index (χ0v) is 18.0. The van der Waals surface area contributed by atoms with E-state index < -0.39 is 10.0 Å². The van der Waals surface area contributed by atoms with Gasteiger partial charge in [0, 0.05) is 30.1 Å². The van der Waals surface area contributed by atoms with Crippen LogP contribution in [0.25, 0.3) is 22.5 Å². The number of furan rings is 1. The van der Waals surface area contributed by atoms with E-state index >= 15 is 0 Å². The summed E-state index contributed by atoms with van der Waals surface area (Å²) < 4.78 is 37.8. The summed E-state index contributed by atoms with van der Waals surface area (Å²) in [6, 6.07) is 17.2. The van der Waals surface area contributed by atoms with Crippen LogP contribution < -0.4 is 5.32 Å². The highest BCUT2D eigenvalue weighted by Gasteiger charge is 2.27. The molecule has 8 nitrogen and oxygen atoms in total.